The van der Waals surface area contributed by atoms with Gasteiger partial charge >= 0.3 is 0 Å². The number of rotatable bonds is 6. The molecule has 4 heteroatoms. The first-order valence-corrected chi connectivity index (χ1v) is 6.95. The lowest BCUT2D eigenvalue weighted by Crippen LogP contribution is -2.19. The highest BCUT2D eigenvalue weighted by Crippen LogP contribution is 2.26. The summed E-state index contributed by atoms with van der Waals surface area (Å²) >= 11 is 0. The molecule has 1 saturated carbocycles. The third-order valence-electron chi connectivity index (χ3n) is 3.47. The molecule has 0 aromatic heterocycles. The Morgan fingerprint density at radius 2 is 1.89 bits per heavy atom. The fraction of sp³-hybridized carbons (Fsp3) is 0.786. The van der Waals surface area contributed by atoms with E-state index in [1.54, 1.807) is 0 Å². The molecule has 0 aromatic carbocycles. The number of nitrogens with zero attached hydrogens (tertiary/aromatic N) is 1. The average molecular weight is 252 g/mol. The Kier molecular flexibility index (Phi) is 6.80. The van der Waals surface area contributed by atoms with Crippen LogP contribution in [0.25, 0.3) is 0 Å². The lowest BCUT2D eigenvalue weighted by Gasteiger charge is -2.21. The van der Waals surface area contributed by atoms with Gasteiger partial charge in [0.1, 0.15) is 0 Å². The molecule has 4 nitrogen and oxygen atoms in total. The molecule has 0 aliphatic heterocycles. The smallest absolute Gasteiger partial charge is 0.246 e. The quantitative estimate of drug-likeness (QED) is 0.737. The van der Waals surface area contributed by atoms with Gasteiger partial charge in [0.15, 0.2) is 5.78 Å². The molecule has 0 aromatic rings. The molecular formula is C14H24N2O2. The number of carbonyl (C=O) groups excluding carboxylic acids is 2. The third-order valence-corrected chi connectivity index (χ3v) is 3.47. The van der Waals surface area contributed by atoms with Crippen LogP contribution in [0, 0.1) is 5.92 Å². The predicted molar refractivity (Wildman–Crippen MR) is 72.6 cm³/mol. The molecule has 1 amide bonds. The minimum Gasteiger partial charge on any atom is -0.330 e. The van der Waals surface area contributed by atoms with Gasteiger partial charge in [-0.05, 0) is 25.3 Å². The van der Waals surface area contributed by atoms with E-state index in [0.29, 0.717) is 37.4 Å². The molecule has 1 rings (SSSR count). The van der Waals surface area contributed by atoms with Gasteiger partial charge in [-0.1, -0.05) is 32.1 Å². The first kappa shape index (κ1) is 15.0. The number of Topliss-reactive ketones (excluding diaryl/α,β-unsaturated/α-hetero) is 1. The van der Waals surface area contributed by atoms with Crippen molar-refractivity contribution in [2.75, 3.05) is 6.54 Å². The summed E-state index contributed by atoms with van der Waals surface area (Å²) < 4.78 is 0. The van der Waals surface area contributed by atoms with Crippen molar-refractivity contribution in [3.63, 3.8) is 0 Å². The maximum atomic E-state index is 11.6. The molecule has 2 N–H and O–H groups in total. The van der Waals surface area contributed by atoms with Gasteiger partial charge in [0.2, 0.25) is 5.91 Å². The van der Waals surface area contributed by atoms with Crippen molar-refractivity contribution in [2.24, 2.45) is 16.6 Å². The first-order valence-electron chi connectivity index (χ1n) is 6.95. The van der Waals surface area contributed by atoms with Crippen molar-refractivity contribution in [3.8, 4) is 0 Å². The minimum absolute atomic E-state index is 0.0679. The van der Waals surface area contributed by atoms with Crippen LogP contribution in [0.2, 0.25) is 0 Å². The summed E-state index contributed by atoms with van der Waals surface area (Å²) in [5.41, 5.74) is 5.81. The van der Waals surface area contributed by atoms with E-state index in [1.165, 1.54) is 26.2 Å². The van der Waals surface area contributed by atoms with Gasteiger partial charge in [0.25, 0.3) is 0 Å². The average Bonchev–Trinajstić information content (AvgIpc) is 2.36. The number of nitrogens with two attached hydrogens (primary N) is 1. The van der Waals surface area contributed by atoms with E-state index in [2.05, 4.69) is 4.99 Å². The zero-order chi connectivity index (χ0) is 13.4. The van der Waals surface area contributed by atoms with Crippen LogP contribution in [0.5, 0.6) is 0 Å². The van der Waals surface area contributed by atoms with Crippen molar-refractivity contribution < 1.29 is 9.59 Å². The maximum absolute atomic E-state index is 11.6. The molecule has 102 valence electrons. The molecule has 0 bridgehead atoms. The number of carbonyl (C=O) groups is 2. The highest BCUT2D eigenvalue weighted by molar-refractivity contribution is 6.40. The van der Waals surface area contributed by atoms with Crippen molar-refractivity contribution in [1.82, 2.24) is 0 Å². The molecule has 0 saturated heterocycles. The lowest BCUT2D eigenvalue weighted by molar-refractivity contribution is -0.118. The van der Waals surface area contributed by atoms with Crippen molar-refractivity contribution >= 4 is 17.4 Å². The number of hydrogen-bond donors (Lipinski definition) is 1. The van der Waals surface area contributed by atoms with E-state index in [9.17, 15) is 9.59 Å². The standard InChI is InChI=1S/C14H24N2O2/c1-11(17)13(16-14(18)8-5-9-15)10-12-6-3-2-4-7-12/h12H,2-10,15H2,1H3/b16-13+. The summed E-state index contributed by atoms with van der Waals surface area (Å²) in [7, 11) is 0. The molecule has 0 spiro atoms. The second-order valence-electron chi connectivity index (χ2n) is 5.11. The van der Waals surface area contributed by atoms with Crippen LogP contribution in [0.15, 0.2) is 4.99 Å². The summed E-state index contributed by atoms with van der Waals surface area (Å²) in [5.74, 6) is 0.256. The van der Waals surface area contributed by atoms with E-state index >= 15 is 0 Å². The van der Waals surface area contributed by atoms with Gasteiger partial charge in [-0.15, -0.1) is 0 Å². The topological polar surface area (TPSA) is 72.5 Å². The monoisotopic (exact) mass is 252 g/mol. The Morgan fingerprint density at radius 1 is 1.22 bits per heavy atom. The maximum Gasteiger partial charge on any atom is 0.246 e. The van der Waals surface area contributed by atoms with Gasteiger partial charge < -0.3 is 5.73 Å². The molecule has 0 unspecified atom stereocenters. The van der Waals surface area contributed by atoms with Crippen LogP contribution in [-0.4, -0.2) is 23.9 Å². The Hall–Kier alpha value is -1.03. The first-order chi connectivity index (χ1) is 8.63. The normalized spacial score (nSPS) is 17.8. The summed E-state index contributed by atoms with van der Waals surface area (Å²) in [5, 5.41) is 0. The zero-order valence-corrected chi connectivity index (χ0v) is 11.3. The molecule has 0 atom stereocenters. The van der Waals surface area contributed by atoms with Crippen molar-refractivity contribution in [1.29, 1.82) is 0 Å². The van der Waals surface area contributed by atoms with Crippen LogP contribution in [-0.2, 0) is 9.59 Å². The fourth-order valence-electron chi connectivity index (χ4n) is 2.39. The molecule has 1 aliphatic carbocycles. The van der Waals surface area contributed by atoms with Crippen molar-refractivity contribution in [2.45, 2.75) is 58.3 Å². The van der Waals surface area contributed by atoms with Gasteiger partial charge in [-0.3, -0.25) is 9.59 Å². The highest BCUT2D eigenvalue weighted by atomic mass is 16.1. The van der Waals surface area contributed by atoms with E-state index in [1.807, 2.05) is 0 Å². The lowest BCUT2D eigenvalue weighted by atomic mass is 9.85. The summed E-state index contributed by atoms with van der Waals surface area (Å²) in [6.07, 6.45) is 7.72. The minimum atomic E-state index is -0.207. The van der Waals surface area contributed by atoms with Crippen LogP contribution in [0.3, 0.4) is 0 Å². The van der Waals surface area contributed by atoms with E-state index in [-0.39, 0.29) is 11.7 Å². The number of ketones is 1. The second kappa shape index (κ2) is 8.14. The zero-order valence-electron chi connectivity index (χ0n) is 11.3. The number of amides is 1. The van der Waals surface area contributed by atoms with Crippen LogP contribution >= 0.6 is 0 Å². The number of aliphatic imine (C=N–C) groups is 1. The third kappa shape index (κ3) is 5.54. The molecule has 1 aliphatic rings. The number of hydrogen-bond acceptors (Lipinski definition) is 3. The van der Waals surface area contributed by atoms with E-state index in [0.717, 1.165) is 12.8 Å². The van der Waals surface area contributed by atoms with Gasteiger partial charge in [-0.25, -0.2) is 4.99 Å². The Balaban J connectivity index is 2.55. The second-order valence-corrected chi connectivity index (χ2v) is 5.11. The predicted octanol–water partition coefficient (Wildman–Crippen LogP) is 2.25. The van der Waals surface area contributed by atoms with Crippen molar-refractivity contribution in [3.05, 3.63) is 0 Å². The SMILES string of the molecule is CC(=O)/C(CC1CCCCC1)=N/C(=O)CCCN. The molecular weight excluding hydrogens is 228 g/mol. The molecule has 0 heterocycles. The van der Waals surface area contributed by atoms with Crippen LogP contribution < -0.4 is 5.73 Å². The van der Waals surface area contributed by atoms with Crippen LogP contribution in [0.1, 0.15) is 58.3 Å². The molecule has 1 fully saturated rings. The van der Waals surface area contributed by atoms with E-state index in [4.69, 9.17) is 5.73 Å². The molecule has 0 radical (unpaired) electrons. The summed E-state index contributed by atoms with van der Waals surface area (Å²) in [6.45, 7) is 1.98. The molecule has 18 heavy (non-hydrogen) atoms. The Bertz CT molecular complexity index is 318. The largest absolute Gasteiger partial charge is 0.330 e. The Labute approximate surface area is 109 Å². The van der Waals surface area contributed by atoms with Gasteiger partial charge in [-0.2, -0.15) is 0 Å². The fourth-order valence-corrected chi connectivity index (χ4v) is 2.39. The summed E-state index contributed by atoms with van der Waals surface area (Å²) in [6, 6.07) is 0. The van der Waals surface area contributed by atoms with E-state index < -0.39 is 0 Å². The van der Waals surface area contributed by atoms with Gasteiger partial charge in [0.05, 0.1) is 5.71 Å². The summed E-state index contributed by atoms with van der Waals surface area (Å²) in [4.78, 5) is 27.1. The van der Waals surface area contributed by atoms with Crippen LogP contribution in [0.4, 0.5) is 0 Å². The van der Waals surface area contributed by atoms with Gasteiger partial charge in [0, 0.05) is 13.3 Å². The highest BCUT2D eigenvalue weighted by Gasteiger charge is 2.18. The Morgan fingerprint density at radius 3 is 2.44 bits per heavy atom.